The molecule has 1 aromatic carbocycles. The Labute approximate surface area is 119 Å². The van der Waals surface area contributed by atoms with E-state index in [1.807, 2.05) is 43.0 Å². The van der Waals surface area contributed by atoms with Crippen molar-refractivity contribution in [3.8, 4) is 6.07 Å². The molecule has 2 rings (SSSR count). The number of carbonyl (C=O) groups is 1. The summed E-state index contributed by atoms with van der Waals surface area (Å²) in [5, 5.41) is 12.0. The quantitative estimate of drug-likeness (QED) is 0.674. The Morgan fingerprint density at radius 1 is 1.55 bits per heavy atom. The minimum Gasteiger partial charge on any atom is -0.349 e. The summed E-state index contributed by atoms with van der Waals surface area (Å²) in [5.74, 6) is -0.300. The van der Waals surface area contributed by atoms with Crippen molar-refractivity contribution in [2.24, 2.45) is 0 Å². The molecule has 4 nitrogen and oxygen atoms in total. The van der Waals surface area contributed by atoms with Gasteiger partial charge in [-0.3, -0.25) is 4.79 Å². The monoisotopic (exact) mass is 269 g/mol. The minimum absolute atomic E-state index is 0.0742. The van der Waals surface area contributed by atoms with Gasteiger partial charge in [-0.1, -0.05) is 25.1 Å². The Kier molecular flexibility index (Phi) is 4.41. The Balaban J connectivity index is 2.17. The van der Waals surface area contributed by atoms with E-state index in [0.717, 1.165) is 25.1 Å². The topological polar surface area (TPSA) is 56.1 Å². The van der Waals surface area contributed by atoms with E-state index in [1.54, 1.807) is 6.20 Å². The van der Waals surface area contributed by atoms with Crippen LogP contribution in [-0.2, 0) is 11.2 Å². The molecule has 20 heavy (non-hydrogen) atoms. The molecule has 4 heteroatoms. The predicted molar refractivity (Wildman–Crippen MR) is 79.1 cm³/mol. The van der Waals surface area contributed by atoms with E-state index in [1.165, 1.54) is 5.56 Å². The van der Waals surface area contributed by atoms with Gasteiger partial charge in [0.1, 0.15) is 11.6 Å². The van der Waals surface area contributed by atoms with Crippen LogP contribution in [0.4, 0.5) is 5.69 Å². The summed E-state index contributed by atoms with van der Waals surface area (Å²) in [4.78, 5) is 14.0. The van der Waals surface area contributed by atoms with Crippen molar-refractivity contribution in [3.63, 3.8) is 0 Å². The van der Waals surface area contributed by atoms with Crippen LogP contribution in [0.5, 0.6) is 0 Å². The van der Waals surface area contributed by atoms with E-state index in [0.29, 0.717) is 0 Å². The lowest BCUT2D eigenvalue weighted by Gasteiger charge is -2.16. The molecule has 0 fully saturated rings. The number of nitrogens with one attached hydrogen (secondary N) is 1. The number of fused-ring (bicyclic) bond motifs is 1. The molecule has 1 atom stereocenters. The lowest BCUT2D eigenvalue weighted by atomic mass is 10.2. The molecule has 0 bridgehead atoms. The molecular weight excluding hydrogens is 250 g/mol. The molecule has 1 N–H and O–H groups in total. The van der Waals surface area contributed by atoms with E-state index < -0.39 is 0 Å². The van der Waals surface area contributed by atoms with Gasteiger partial charge in [0, 0.05) is 24.5 Å². The molecule has 1 aliphatic rings. The maximum Gasteiger partial charge on any atom is 0.263 e. The molecule has 0 saturated carbocycles. The first-order valence-electron chi connectivity index (χ1n) is 6.93. The van der Waals surface area contributed by atoms with Crippen molar-refractivity contribution in [1.29, 1.82) is 5.26 Å². The number of nitrogens with zero attached hydrogens (tertiary/aromatic N) is 2. The Bertz CT molecular complexity index is 571. The zero-order chi connectivity index (χ0) is 14.5. The first kappa shape index (κ1) is 14.1. The van der Waals surface area contributed by atoms with Gasteiger partial charge in [0.15, 0.2) is 0 Å². The van der Waals surface area contributed by atoms with Crippen LogP contribution in [0.15, 0.2) is 36.0 Å². The van der Waals surface area contributed by atoms with Gasteiger partial charge in [0.05, 0.1) is 0 Å². The molecule has 104 valence electrons. The summed E-state index contributed by atoms with van der Waals surface area (Å²) in [6.07, 6.45) is 3.44. The molecule has 1 aliphatic heterocycles. The molecule has 0 aliphatic carbocycles. The van der Waals surface area contributed by atoms with Gasteiger partial charge in [-0.15, -0.1) is 0 Å². The van der Waals surface area contributed by atoms with Crippen LogP contribution in [0, 0.1) is 11.3 Å². The van der Waals surface area contributed by atoms with Gasteiger partial charge in [-0.2, -0.15) is 5.26 Å². The normalized spacial score (nSPS) is 15.4. The molecule has 0 spiro atoms. The first-order chi connectivity index (χ1) is 9.65. The third-order valence-corrected chi connectivity index (χ3v) is 3.56. The number of para-hydroxylation sites is 1. The number of anilines is 1. The summed E-state index contributed by atoms with van der Waals surface area (Å²) < 4.78 is 0. The zero-order valence-electron chi connectivity index (χ0n) is 11.9. The van der Waals surface area contributed by atoms with Crippen molar-refractivity contribution in [1.82, 2.24) is 5.32 Å². The lowest BCUT2D eigenvalue weighted by Crippen LogP contribution is -2.33. The fraction of sp³-hybridized carbons (Fsp3) is 0.375. The van der Waals surface area contributed by atoms with Crippen LogP contribution in [-0.4, -0.2) is 18.5 Å². The SMILES string of the molecule is CCC(C)NC(=O)/C(C#N)=C\N1CCc2ccccc21. The Hall–Kier alpha value is -2.28. The average Bonchev–Trinajstić information content (AvgIpc) is 2.87. The molecule has 1 amide bonds. The number of nitriles is 1. The number of hydrogen-bond acceptors (Lipinski definition) is 3. The Morgan fingerprint density at radius 3 is 3.00 bits per heavy atom. The highest BCUT2D eigenvalue weighted by atomic mass is 16.1. The van der Waals surface area contributed by atoms with E-state index in [4.69, 9.17) is 0 Å². The van der Waals surface area contributed by atoms with E-state index in [9.17, 15) is 10.1 Å². The second-order valence-corrected chi connectivity index (χ2v) is 5.01. The molecule has 1 heterocycles. The van der Waals surface area contributed by atoms with Crippen molar-refractivity contribution >= 4 is 11.6 Å². The molecule has 1 unspecified atom stereocenters. The highest BCUT2D eigenvalue weighted by Crippen LogP contribution is 2.28. The number of benzene rings is 1. The molecule has 0 radical (unpaired) electrons. The molecule has 0 aromatic heterocycles. The van der Waals surface area contributed by atoms with Crippen molar-refractivity contribution < 1.29 is 4.79 Å². The summed E-state index contributed by atoms with van der Waals surface area (Å²) >= 11 is 0. The fourth-order valence-corrected chi connectivity index (χ4v) is 2.20. The minimum atomic E-state index is -0.300. The van der Waals surface area contributed by atoms with E-state index in [-0.39, 0.29) is 17.5 Å². The zero-order valence-corrected chi connectivity index (χ0v) is 11.9. The third kappa shape index (κ3) is 3.00. The van der Waals surface area contributed by atoms with Gasteiger partial charge in [-0.05, 0) is 31.4 Å². The van der Waals surface area contributed by atoms with Crippen molar-refractivity contribution in [2.75, 3.05) is 11.4 Å². The standard InChI is InChI=1S/C16H19N3O/c1-3-12(2)18-16(20)14(10-17)11-19-9-8-13-6-4-5-7-15(13)19/h4-7,11-12H,3,8-9H2,1-2H3,(H,18,20)/b14-11-. The maximum atomic E-state index is 12.0. The summed E-state index contributed by atoms with van der Waals surface area (Å²) in [7, 11) is 0. The van der Waals surface area contributed by atoms with Crippen LogP contribution >= 0.6 is 0 Å². The summed E-state index contributed by atoms with van der Waals surface area (Å²) in [6.45, 7) is 4.73. The van der Waals surface area contributed by atoms with Gasteiger partial charge in [0.25, 0.3) is 5.91 Å². The van der Waals surface area contributed by atoms with Gasteiger partial charge in [0.2, 0.25) is 0 Å². The maximum absolute atomic E-state index is 12.0. The van der Waals surface area contributed by atoms with Crippen LogP contribution in [0.1, 0.15) is 25.8 Å². The highest BCUT2D eigenvalue weighted by molar-refractivity contribution is 5.97. The predicted octanol–water partition coefficient (Wildman–Crippen LogP) is 2.37. The van der Waals surface area contributed by atoms with Crippen molar-refractivity contribution in [3.05, 3.63) is 41.6 Å². The number of carbonyl (C=O) groups excluding carboxylic acids is 1. The number of hydrogen-bond donors (Lipinski definition) is 1. The van der Waals surface area contributed by atoms with E-state index in [2.05, 4.69) is 11.4 Å². The van der Waals surface area contributed by atoms with Crippen LogP contribution in [0.2, 0.25) is 0 Å². The summed E-state index contributed by atoms with van der Waals surface area (Å²) in [6, 6.07) is 10.1. The largest absolute Gasteiger partial charge is 0.349 e. The van der Waals surface area contributed by atoms with Crippen LogP contribution in [0.3, 0.4) is 0 Å². The highest BCUT2D eigenvalue weighted by Gasteiger charge is 2.19. The van der Waals surface area contributed by atoms with Crippen molar-refractivity contribution in [2.45, 2.75) is 32.7 Å². The van der Waals surface area contributed by atoms with Gasteiger partial charge in [-0.25, -0.2) is 0 Å². The lowest BCUT2D eigenvalue weighted by molar-refractivity contribution is -0.117. The van der Waals surface area contributed by atoms with Crippen LogP contribution < -0.4 is 10.2 Å². The van der Waals surface area contributed by atoms with Crippen LogP contribution in [0.25, 0.3) is 0 Å². The second-order valence-electron chi connectivity index (χ2n) is 5.01. The second kappa shape index (κ2) is 6.25. The summed E-state index contributed by atoms with van der Waals surface area (Å²) in [5.41, 5.74) is 2.49. The Morgan fingerprint density at radius 2 is 2.30 bits per heavy atom. The molecule has 1 aromatic rings. The first-order valence-corrected chi connectivity index (χ1v) is 6.93. The molecular formula is C16H19N3O. The third-order valence-electron chi connectivity index (χ3n) is 3.56. The molecule has 0 saturated heterocycles. The van der Waals surface area contributed by atoms with Gasteiger partial charge >= 0.3 is 0 Å². The average molecular weight is 269 g/mol. The fourth-order valence-electron chi connectivity index (χ4n) is 2.20. The van der Waals surface area contributed by atoms with Gasteiger partial charge < -0.3 is 10.2 Å². The smallest absolute Gasteiger partial charge is 0.263 e. The number of rotatable bonds is 4. The van der Waals surface area contributed by atoms with E-state index >= 15 is 0 Å². The number of amides is 1.